The standard InChI is InChI=1S/C12H10N4/c1-8-13-7-14-12(15-8)11-6-9-4-2-3-5-10(9)16-11/h2-7,16H,1H3. The maximum Gasteiger partial charge on any atom is 0.179 e. The van der Waals surface area contributed by atoms with Crippen LogP contribution in [0.1, 0.15) is 5.82 Å². The van der Waals surface area contributed by atoms with Gasteiger partial charge in [-0.25, -0.2) is 15.0 Å². The monoisotopic (exact) mass is 210 g/mol. The minimum Gasteiger partial charge on any atom is -0.352 e. The largest absolute Gasteiger partial charge is 0.352 e. The molecule has 0 spiro atoms. The molecule has 0 radical (unpaired) electrons. The van der Waals surface area contributed by atoms with Gasteiger partial charge in [-0.15, -0.1) is 0 Å². The van der Waals surface area contributed by atoms with E-state index in [-0.39, 0.29) is 0 Å². The zero-order valence-electron chi connectivity index (χ0n) is 8.81. The third-order valence-electron chi connectivity index (χ3n) is 2.46. The van der Waals surface area contributed by atoms with Crippen molar-refractivity contribution in [2.24, 2.45) is 0 Å². The zero-order valence-corrected chi connectivity index (χ0v) is 8.81. The Morgan fingerprint density at radius 1 is 1.12 bits per heavy atom. The molecule has 0 atom stereocenters. The molecule has 0 amide bonds. The quantitative estimate of drug-likeness (QED) is 0.670. The molecule has 2 aromatic heterocycles. The van der Waals surface area contributed by atoms with Crippen LogP contribution in [-0.2, 0) is 0 Å². The third kappa shape index (κ3) is 1.44. The van der Waals surface area contributed by atoms with E-state index in [4.69, 9.17) is 0 Å². The van der Waals surface area contributed by atoms with Gasteiger partial charge in [0.25, 0.3) is 0 Å². The number of hydrogen-bond acceptors (Lipinski definition) is 3. The first-order valence-electron chi connectivity index (χ1n) is 5.07. The van der Waals surface area contributed by atoms with Crippen molar-refractivity contribution in [2.45, 2.75) is 6.92 Å². The van der Waals surface area contributed by atoms with Crippen LogP contribution in [0.2, 0.25) is 0 Å². The van der Waals surface area contributed by atoms with E-state index in [0.29, 0.717) is 5.82 Å². The lowest BCUT2D eigenvalue weighted by atomic mass is 10.2. The molecule has 0 aliphatic carbocycles. The lowest BCUT2D eigenvalue weighted by Gasteiger charge is -1.95. The molecule has 78 valence electrons. The molecular weight excluding hydrogens is 200 g/mol. The molecule has 0 aliphatic heterocycles. The van der Waals surface area contributed by atoms with Gasteiger partial charge in [-0.2, -0.15) is 0 Å². The van der Waals surface area contributed by atoms with E-state index in [0.717, 1.165) is 22.4 Å². The second-order valence-corrected chi connectivity index (χ2v) is 3.63. The van der Waals surface area contributed by atoms with Crippen molar-refractivity contribution in [2.75, 3.05) is 0 Å². The number of hydrogen-bond donors (Lipinski definition) is 1. The van der Waals surface area contributed by atoms with Gasteiger partial charge in [-0.3, -0.25) is 0 Å². The molecule has 4 nitrogen and oxygen atoms in total. The Bertz CT molecular complexity index is 609. The molecule has 0 fully saturated rings. The van der Waals surface area contributed by atoms with Crippen LogP contribution in [0.25, 0.3) is 22.4 Å². The van der Waals surface area contributed by atoms with Crippen molar-refractivity contribution in [3.63, 3.8) is 0 Å². The van der Waals surface area contributed by atoms with Crippen LogP contribution >= 0.6 is 0 Å². The summed E-state index contributed by atoms with van der Waals surface area (Å²) in [5.74, 6) is 1.41. The smallest absolute Gasteiger partial charge is 0.179 e. The Hall–Kier alpha value is -2.23. The number of nitrogens with zero attached hydrogens (tertiary/aromatic N) is 3. The predicted octanol–water partition coefficient (Wildman–Crippen LogP) is 2.33. The Balaban J connectivity index is 2.19. The summed E-state index contributed by atoms with van der Waals surface area (Å²) < 4.78 is 0. The Morgan fingerprint density at radius 2 is 2.00 bits per heavy atom. The number of rotatable bonds is 1. The van der Waals surface area contributed by atoms with Crippen molar-refractivity contribution in [3.05, 3.63) is 42.5 Å². The third-order valence-corrected chi connectivity index (χ3v) is 2.46. The van der Waals surface area contributed by atoms with Crippen LogP contribution in [0, 0.1) is 6.92 Å². The van der Waals surface area contributed by atoms with Crippen LogP contribution in [0.5, 0.6) is 0 Å². The van der Waals surface area contributed by atoms with E-state index in [1.807, 2.05) is 31.2 Å². The van der Waals surface area contributed by atoms with Crippen LogP contribution in [0.15, 0.2) is 36.7 Å². The number of aryl methyl sites for hydroxylation is 1. The summed E-state index contributed by atoms with van der Waals surface area (Å²) in [5.41, 5.74) is 2.02. The molecule has 0 saturated carbocycles. The molecule has 2 heterocycles. The summed E-state index contributed by atoms with van der Waals surface area (Å²) in [4.78, 5) is 15.7. The van der Waals surface area contributed by atoms with E-state index in [1.165, 1.54) is 6.33 Å². The summed E-state index contributed by atoms with van der Waals surface area (Å²) in [6, 6.07) is 10.2. The number of benzene rings is 1. The van der Waals surface area contributed by atoms with Gasteiger partial charge in [0, 0.05) is 10.9 Å². The van der Waals surface area contributed by atoms with Crippen molar-refractivity contribution < 1.29 is 0 Å². The number of para-hydroxylation sites is 1. The molecule has 3 rings (SSSR count). The van der Waals surface area contributed by atoms with Gasteiger partial charge in [-0.1, -0.05) is 18.2 Å². The molecule has 1 aromatic carbocycles. The van der Waals surface area contributed by atoms with Crippen molar-refractivity contribution >= 4 is 10.9 Å². The first-order chi connectivity index (χ1) is 7.83. The minimum atomic E-state index is 0.684. The topological polar surface area (TPSA) is 54.5 Å². The summed E-state index contributed by atoms with van der Waals surface area (Å²) in [5, 5.41) is 1.16. The second-order valence-electron chi connectivity index (χ2n) is 3.63. The van der Waals surface area contributed by atoms with Gasteiger partial charge >= 0.3 is 0 Å². The van der Waals surface area contributed by atoms with Gasteiger partial charge in [-0.05, 0) is 19.1 Å². The lowest BCUT2D eigenvalue weighted by molar-refractivity contribution is 0.978. The summed E-state index contributed by atoms with van der Waals surface area (Å²) >= 11 is 0. The summed E-state index contributed by atoms with van der Waals surface area (Å²) in [7, 11) is 0. The Kier molecular flexibility index (Phi) is 1.93. The van der Waals surface area contributed by atoms with E-state index in [1.54, 1.807) is 0 Å². The van der Waals surface area contributed by atoms with Gasteiger partial charge in [0.05, 0.1) is 5.69 Å². The van der Waals surface area contributed by atoms with Crippen LogP contribution < -0.4 is 0 Å². The van der Waals surface area contributed by atoms with Crippen molar-refractivity contribution in [1.82, 2.24) is 19.9 Å². The molecule has 4 heteroatoms. The van der Waals surface area contributed by atoms with Gasteiger partial charge in [0.2, 0.25) is 0 Å². The van der Waals surface area contributed by atoms with Crippen LogP contribution in [-0.4, -0.2) is 19.9 Å². The van der Waals surface area contributed by atoms with Gasteiger partial charge in [0.1, 0.15) is 12.2 Å². The molecule has 0 unspecified atom stereocenters. The first-order valence-corrected chi connectivity index (χ1v) is 5.07. The Morgan fingerprint density at radius 3 is 2.81 bits per heavy atom. The number of aromatic nitrogens is 4. The van der Waals surface area contributed by atoms with E-state index in [9.17, 15) is 0 Å². The Labute approximate surface area is 92.4 Å². The molecule has 0 bridgehead atoms. The summed E-state index contributed by atoms with van der Waals surface area (Å²) in [6.07, 6.45) is 1.53. The minimum absolute atomic E-state index is 0.684. The first kappa shape index (κ1) is 9.03. The lowest BCUT2D eigenvalue weighted by Crippen LogP contribution is -1.93. The molecule has 1 N–H and O–H groups in total. The predicted molar refractivity (Wildman–Crippen MR) is 61.9 cm³/mol. The maximum atomic E-state index is 4.29. The highest BCUT2D eigenvalue weighted by molar-refractivity contribution is 5.84. The number of nitrogens with one attached hydrogen (secondary N) is 1. The normalized spacial score (nSPS) is 10.8. The zero-order chi connectivity index (χ0) is 11.0. The number of fused-ring (bicyclic) bond motifs is 1. The molecule has 0 aliphatic rings. The van der Waals surface area contributed by atoms with Crippen LogP contribution in [0.3, 0.4) is 0 Å². The molecule has 0 saturated heterocycles. The average molecular weight is 210 g/mol. The SMILES string of the molecule is Cc1ncnc(-c2cc3ccccc3[nH]2)n1. The number of H-pyrrole nitrogens is 1. The fourth-order valence-electron chi connectivity index (χ4n) is 1.70. The highest BCUT2D eigenvalue weighted by atomic mass is 15.0. The molecule has 3 aromatic rings. The van der Waals surface area contributed by atoms with E-state index in [2.05, 4.69) is 26.0 Å². The summed E-state index contributed by atoms with van der Waals surface area (Å²) in [6.45, 7) is 1.85. The fourth-order valence-corrected chi connectivity index (χ4v) is 1.70. The van der Waals surface area contributed by atoms with Gasteiger partial charge < -0.3 is 4.98 Å². The second kappa shape index (κ2) is 3.41. The fraction of sp³-hybridized carbons (Fsp3) is 0.0833. The highest BCUT2D eigenvalue weighted by Crippen LogP contribution is 2.20. The average Bonchev–Trinajstić information content (AvgIpc) is 2.72. The van der Waals surface area contributed by atoms with E-state index >= 15 is 0 Å². The number of aromatic amines is 1. The van der Waals surface area contributed by atoms with Crippen molar-refractivity contribution in [3.8, 4) is 11.5 Å². The van der Waals surface area contributed by atoms with E-state index < -0.39 is 0 Å². The maximum absolute atomic E-state index is 4.29. The molecule has 16 heavy (non-hydrogen) atoms. The van der Waals surface area contributed by atoms with Crippen LogP contribution in [0.4, 0.5) is 0 Å². The molecular formula is C12H10N4. The van der Waals surface area contributed by atoms with Crippen molar-refractivity contribution in [1.29, 1.82) is 0 Å². The van der Waals surface area contributed by atoms with Gasteiger partial charge in [0.15, 0.2) is 5.82 Å². The highest BCUT2D eigenvalue weighted by Gasteiger charge is 2.05.